The number of carbonyl (C=O) groups is 2. The van der Waals surface area contributed by atoms with Crippen LogP contribution in [0.3, 0.4) is 0 Å². The number of aromatic nitrogens is 1. The van der Waals surface area contributed by atoms with E-state index in [1.165, 1.54) is 49.8 Å². The van der Waals surface area contributed by atoms with E-state index in [9.17, 15) is 24.9 Å². The SMILES string of the molecule is COc1cc(O)c(CC=C(C)C)c(O)c1C(=O)/C=C/c1ccc(O)cc1.O=C(O)c1cccnc1. The molecule has 0 fully saturated rings. The van der Waals surface area contributed by atoms with Gasteiger partial charge < -0.3 is 25.2 Å². The van der Waals surface area contributed by atoms with Crippen molar-refractivity contribution < 1.29 is 34.8 Å². The summed E-state index contributed by atoms with van der Waals surface area (Å²) in [5, 5.41) is 38.3. The van der Waals surface area contributed by atoms with E-state index < -0.39 is 11.8 Å². The number of benzene rings is 2. The average molecular weight is 478 g/mol. The van der Waals surface area contributed by atoms with Gasteiger partial charge in [-0.2, -0.15) is 0 Å². The molecule has 0 aliphatic rings. The van der Waals surface area contributed by atoms with Gasteiger partial charge in [0.05, 0.1) is 12.7 Å². The molecule has 1 aromatic heterocycles. The maximum atomic E-state index is 12.6. The maximum Gasteiger partial charge on any atom is 0.337 e. The summed E-state index contributed by atoms with van der Waals surface area (Å²) in [6, 6.07) is 10.8. The second-order valence-electron chi connectivity index (χ2n) is 7.62. The van der Waals surface area contributed by atoms with Crippen LogP contribution in [0, 0.1) is 0 Å². The summed E-state index contributed by atoms with van der Waals surface area (Å²) in [4.78, 5) is 26.4. The molecule has 35 heavy (non-hydrogen) atoms. The van der Waals surface area contributed by atoms with Crippen molar-refractivity contribution >= 4 is 17.8 Å². The van der Waals surface area contributed by atoms with Crippen molar-refractivity contribution in [1.82, 2.24) is 4.98 Å². The van der Waals surface area contributed by atoms with Gasteiger partial charge >= 0.3 is 5.97 Å². The molecule has 0 spiro atoms. The number of phenolic OH excluding ortho intramolecular Hbond substituents is 3. The smallest absolute Gasteiger partial charge is 0.337 e. The van der Waals surface area contributed by atoms with Crippen LogP contribution in [-0.4, -0.2) is 44.3 Å². The second kappa shape index (κ2) is 12.6. The van der Waals surface area contributed by atoms with Crippen LogP contribution in [-0.2, 0) is 6.42 Å². The zero-order chi connectivity index (χ0) is 26.0. The van der Waals surface area contributed by atoms with Crippen molar-refractivity contribution in [2.75, 3.05) is 7.11 Å². The van der Waals surface area contributed by atoms with Gasteiger partial charge in [-0.25, -0.2) is 4.79 Å². The van der Waals surface area contributed by atoms with Gasteiger partial charge in [0.25, 0.3) is 0 Å². The van der Waals surface area contributed by atoms with E-state index >= 15 is 0 Å². The Balaban J connectivity index is 0.000000402. The number of pyridine rings is 1. The number of phenols is 3. The quantitative estimate of drug-likeness (QED) is 0.212. The Bertz CT molecular complexity index is 1230. The van der Waals surface area contributed by atoms with E-state index in [1.807, 2.05) is 19.9 Å². The van der Waals surface area contributed by atoms with Gasteiger partial charge in [-0.05, 0) is 56.2 Å². The molecule has 182 valence electrons. The number of aromatic carboxylic acids is 1. The third-order valence-electron chi connectivity index (χ3n) is 4.76. The summed E-state index contributed by atoms with van der Waals surface area (Å²) in [6.07, 6.45) is 7.87. The molecule has 8 nitrogen and oxygen atoms in total. The first-order chi connectivity index (χ1) is 16.6. The highest BCUT2D eigenvalue weighted by Crippen LogP contribution is 2.39. The normalized spacial score (nSPS) is 10.3. The molecular weight excluding hydrogens is 450 g/mol. The number of carboxylic acid groups (broad SMARTS) is 1. The molecule has 0 saturated carbocycles. The Morgan fingerprint density at radius 3 is 2.26 bits per heavy atom. The number of carboxylic acids is 1. The molecule has 0 aliphatic heterocycles. The van der Waals surface area contributed by atoms with Gasteiger partial charge in [0, 0.05) is 24.0 Å². The number of aromatic hydroxyl groups is 3. The standard InChI is InChI=1S/C21H22O5.C6H5NO2/c1-13(2)4-10-16-18(24)12-19(26-3)20(21(16)25)17(23)11-7-14-5-8-15(22)9-6-14;8-6(9)5-2-1-3-7-4-5/h4-9,11-12,22,24-25H,10H2,1-3H3;1-4H,(H,8,9)/b11-7+;. The lowest BCUT2D eigenvalue weighted by Gasteiger charge is -2.13. The number of carbonyl (C=O) groups excluding carboxylic acids is 1. The van der Waals surface area contributed by atoms with E-state index in [0.717, 1.165) is 11.1 Å². The van der Waals surface area contributed by atoms with Gasteiger partial charge in [0.1, 0.15) is 28.6 Å². The molecule has 1 heterocycles. The van der Waals surface area contributed by atoms with Crippen molar-refractivity contribution in [3.05, 3.63) is 94.8 Å². The molecule has 0 aliphatic carbocycles. The van der Waals surface area contributed by atoms with Crippen LogP contribution in [0.5, 0.6) is 23.0 Å². The van der Waals surface area contributed by atoms with Crippen LogP contribution in [0.2, 0.25) is 0 Å². The molecule has 8 heteroatoms. The van der Waals surface area contributed by atoms with Crippen LogP contribution in [0.4, 0.5) is 0 Å². The second-order valence-corrected chi connectivity index (χ2v) is 7.62. The minimum absolute atomic E-state index is 0.00233. The minimum atomic E-state index is -0.942. The topological polar surface area (TPSA) is 137 Å². The number of nitrogens with zero attached hydrogens (tertiary/aromatic N) is 1. The lowest BCUT2D eigenvalue weighted by atomic mass is 9.99. The van der Waals surface area contributed by atoms with E-state index in [-0.39, 0.29) is 39.7 Å². The first kappa shape index (κ1) is 26.7. The minimum Gasteiger partial charge on any atom is -0.508 e. The highest BCUT2D eigenvalue weighted by molar-refractivity contribution is 6.11. The Hall–Kier alpha value is -4.59. The summed E-state index contributed by atoms with van der Waals surface area (Å²) in [7, 11) is 1.37. The highest BCUT2D eigenvalue weighted by Gasteiger charge is 2.21. The van der Waals surface area contributed by atoms with Gasteiger partial charge in [-0.1, -0.05) is 29.9 Å². The fourth-order valence-electron chi connectivity index (χ4n) is 2.91. The molecule has 0 saturated heterocycles. The number of ether oxygens (including phenoxy) is 1. The van der Waals surface area contributed by atoms with Crippen LogP contribution < -0.4 is 4.74 Å². The van der Waals surface area contributed by atoms with Crippen molar-refractivity contribution in [3.63, 3.8) is 0 Å². The molecule has 0 radical (unpaired) electrons. The van der Waals surface area contributed by atoms with Gasteiger partial charge in [0.15, 0.2) is 5.78 Å². The average Bonchev–Trinajstić information content (AvgIpc) is 2.83. The van der Waals surface area contributed by atoms with E-state index in [4.69, 9.17) is 9.84 Å². The molecular formula is C27H27NO7. The summed E-state index contributed by atoms with van der Waals surface area (Å²) in [6.45, 7) is 3.81. The largest absolute Gasteiger partial charge is 0.508 e. The monoisotopic (exact) mass is 477 g/mol. The molecule has 0 atom stereocenters. The van der Waals surface area contributed by atoms with Crippen molar-refractivity contribution in [2.24, 2.45) is 0 Å². The van der Waals surface area contributed by atoms with Crippen LogP contribution in [0.25, 0.3) is 6.08 Å². The van der Waals surface area contributed by atoms with E-state index in [1.54, 1.807) is 24.3 Å². The maximum absolute atomic E-state index is 12.6. The number of ketones is 1. The molecule has 3 aromatic rings. The fraction of sp³-hybridized carbons (Fsp3) is 0.148. The van der Waals surface area contributed by atoms with Crippen LogP contribution >= 0.6 is 0 Å². The fourth-order valence-corrected chi connectivity index (χ4v) is 2.91. The molecule has 2 aromatic carbocycles. The van der Waals surface area contributed by atoms with Gasteiger partial charge in [-0.3, -0.25) is 9.78 Å². The third kappa shape index (κ3) is 7.75. The molecule has 0 unspecified atom stereocenters. The predicted molar refractivity (Wildman–Crippen MR) is 132 cm³/mol. The van der Waals surface area contributed by atoms with Crippen molar-refractivity contribution in [1.29, 1.82) is 0 Å². The van der Waals surface area contributed by atoms with Crippen LogP contribution in [0.1, 0.15) is 45.7 Å². The van der Waals surface area contributed by atoms with E-state index in [0.29, 0.717) is 6.42 Å². The molecule has 0 amide bonds. The van der Waals surface area contributed by atoms with Crippen LogP contribution in [0.15, 0.2) is 72.6 Å². The number of allylic oxidation sites excluding steroid dienone is 3. The van der Waals surface area contributed by atoms with Crippen molar-refractivity contribution in [2.45, 2.75) is 20.3 Å². The Morgan fingerprint density at radius 1 is 1.06 bits per heavy atom. The third-order valence-corrected chi connectivity index (χ3v) is 4.76. The Kier molecular flexibility index (Phi) is 9.60. The lowest BCUT2D eigenvalue weighted by Crippen LogP contribution is -2.02. The number of rotatable bonds is 7. The number of methoxy groups -OCH3 is 1. The predicted octanol–water partition coefficient (Wildman–Crippen LogP) is 5.00. The first-order valence-corrected chi connectivity index (χ1v) is 10.5. The molecule has 3 rings (SSSR count). The number of hydrogen-bond acceptors (Lipinski definition) is 7. The zero-order valence-electron chi connectivity index (χ0n) is 19.6. The zero-order valence-corrected chi connectivity index (χ0v) is 19.6. The summed E-state index contributed by atoms with van der Waals surface area (Å²) in [5.41, 5.74) is 2.24. The first-order valence-electron chi connectivity index (χ1n) is 10.5. The Labute approximate surface area is 203 Å². The highest BCUT2D eigenvalue weighted by atomic mass is 16.5. The number of hydrogen-bond donors (Lipinski definition) is 4. The van der Waals surface area contributed by atoms with E-state index in [2.05, 4.69) is 4.98 Å². The van der Waals surface area contributed by atoms with Gasteiger partial charge in [0.2, 0.25) is 0 Å². The van der Waals surface area contributed by atoms with Crippen molar-refractivity contribution in [3.8, 4) is 23.0 Å². The summed E-state index contributed by atoms with van der Waals surface area (Å²) in [5.74, 6) is -1.58. The molecule has 0 bridgehead atoms. The van der Waals surface area contributed by atoms with Gasteiger partial charge in [-0.15, -0.1) is 0 Å². The summed E-state index contributed by atoms with van der Waals surface area (Å²) >= 11 is 0. The Morgan fingerprint density at radius 2 is 1.74 bits per heavy atom. The summed E-state index contributed by atoms with van der Waals surface area (Å²) < 4.78 is 5.15. The lowest BCUT2D eigenvalue weighted by molar-refractivity contribution is 0.0696. The molecule has 4 N–H and O–H groups in total.